The van der Waals surface area contributed by atoms with Gasteiger partial charge in [-0.2, -0.15) is 0 Å². The topological polar surface area (TPSA) is 77.8 Å². The highest BCUT2D eigenvalue weighted by Gasteiger charge is 2.66. The Kier molecular flexibility index (Phi) is 4.68. The van der Waals surface area contributed by atoms with Crippen LogP contribution < -0.4 is 0 Å². The molecule has 0 aromatic heterocycles. The molecule has 0 saturated heterocycles. The first-order valence-corrected chi connectivity index (χ1v) is 12.2. The lowest BCUT2D eigenvalue weighted by atomic mass is 9.43. The number of aliphatic hydroxyl groups excluding tert-OH is 2. The third-order valence-electron chi connectivity index (χ3n) is 11.2. The molecular formula is C25H40O4. The minimum atomic E-state index is -0.623. The molecule has 0 radical (unpaired) electrons. The monoisotopic (exact) mass is 404 g/mol. The van der Waals surface area contributed by atoms with Crippen LogP contribution in [0, 0.1) is 58.2 Å². The van der Waals surface area contributed by atoms with Gasteiger partial charge in [0, 0.05) is 0 Å². The first-order valence-electron chi connectivity index (χ1n) is 12.2. The first kappa shape index (κ1) is 20.3. The van der Waals surface area contributed by atoms with Crippen molar-refractivity contribution in [1.29, 1.82) is 0 Å². The molecule has 0 amide bonds. The van der Waals surface area contributed by atoms with E-state index in [9.17, 15) is 20.1 Å². The van der Waals surface area contributed by atoms with Crippen molar-refractivity contribution in [2.24, 2.45) is 58.2 Å². The molecule has 0 aromatic rings. The minimum Gasteiger partial charge on any atom is -0.481 e. The van der Waals surface area contributed by atoms with Crippen LogP contribution in [0.3, 0.4) is 0 Å². The van der Waals surface area contributed by atoms with Crippen molar-refractivity contribution >= 4 is 5.97 Å². The normalized spacial score (nSPS) is 59.2. The number of carboxylic acid groups (broad SMARTS) is 1. The Morgan fingerprint density at radius 1 is 0.931 bits per heavy atom. The Bertz CT molecular complexity index is 678. The number of aliphatic carboxylic acids is 1. The van der Waals surface area contributed by atoms with Gasteiger partial charge in [-0.05, 0) is 110 Å². The number of aliphatic hydroxyl groups is 2. The van der Waals surface area contributed by atoms with E-state index in [1.165, 1.54) is 12.8 Å². The lowest BCUT2D eigenvalue weighted by molar-refractivity contribution is -0.178. The van der Waals surface area contributed by atoms with Crippen LogP contribution in [-0.2, 0) is 4.79 Å². The molecule has 0 spiro atoms. The average molecular weight is 405 g/mol. The van der Waals surface area contributed by atoms with Crippen LogP contribution in [0.2, 0.25) is 0 Å². The number of hydrogen-bond acceptors (Lipinski definition) is 3. The van der Waals surface area contributed by atoms with E-state index in [-0.39, 0.29) is 29.0 Å². The van der Waals surface area contributed by atoms with Crippen LogP contribution >= 0.6 is 0 Å². The third-order valence-corrected chi connectivity index (χ3v) is 11.2. The maximum absolute atomic E-state index is 11.7. The molecule has 0 aromatic carbocycles. The fourth-order valence-electron chi connectivity index (χ4n) is 10.0. The molecule has 3 N–H and O–H groups in total. The van der Waals surface area contributed by atoms with Crippen molar-refractivity contribution < 1.29 is 20.1 Å². The van der Waals surface area contributed by atoms with Gasteiger partial charge >= 0.3 is 5.97 Å². The third kappa shape index (κ3) is 2.73. The molecule has 0 aliphatic heterocycles. The Hall–Kier alpha value is -0.610. The van der Waals surface area contributed by atoms with Crippen molar-refractivity contribution in [3.63, 3.8) is 0 Å². The van der Waals surface area contributed by atoms with E-state index in [1.54, 1.807) is 0 Å². The van der Waals surface area contributed by atoms with E-state index in [2.05, 4.69) is 20.8 Å². The molecule has 5 saturated carbocycles. The Balaban J connectivity index is 1.46. The predicted octanol–water partition coefficient (Wildman–Crippen LogP) is 4.33. The van der Waals surface area contributed by atoms with Crippen LogP contribution in [0.5, 0.6) is 0 Å². The zero-order valence-corrected chi connectivity index (χ0v) is 18.4. The highest BCUT2D eigenvalue weighted by Crippen LogP contribution is 2.70. The van der Waals surface area contributed by atoms with Crippen molar-refractivity contribution in [2.75, 3.05) is 0 Å². The number of carboxylic acids is 1. The summed E-state index contributed by atoms with van der Waals surface area (Å²) in [7, 11) is 0. The van der Waals surface area contributed by atoms with E-state index in [1.807, 2.05) is 0 Å². The molecule has 5 aliphatic rings. The van der Waals surface area contributed by atoms with Gasteiger partial charge in [0.05, 0.1) is 18.1 Å². The van der Waals surface area contributed by atoms with Gasteiger partial charge in [0.25, 0.3) is 0 Å². The van der Waals surface area contributed by atoms with Crippen LogP contribution in [0.15, 0.2) is 0 Å². The first-order chi connectivity index (χ1) is 13.7. The van der Waals surface area contributed by atoms with Crippen LogP contribution in [0.25, 0.3) is 0 Å². The summed E-state index contributed by atoms with van der Waals surface area (Å²) in [6.45, 7) is 7.07. The summed E-state index contributed by atoms with van der Waals surface area (Å²) < 4.78 is 0. The highest BCUT2D eigenvalue weighted by atomic mass is 16.4. The van der Waals surface area contributed by atoms with E-state index >= 15 is 0 Å². The molecule has 4 heteroatoms. The second-order valence-electron chi connectivity index (χ2n) is 12.2. The molecule has 164 valence electrons. The SMILES string of the molecule is C[C@@H]1CC(C(=O)O)CC2C[C@H]3[C@@H]4CC[C@@H]5C[C@H](O)CC[C@]5(C)[C@H]4C[C@H](O)[C@]3(C)[C@H]21. The summed E-state index contributed by atoms with van der Waals surface area (Å²) in [5, 5.41) is 31.5. The fraction of sp³-hybridized carbons (Fsp3) is 0.960. The molecule has 0 heterocycles. The van der Waals surface area contributed by atoms with Gasteiger partial charge in [0.2, 0.25) is 0 Å². The number of fused-ring (bicyclic) bond motifs is 7. The van der Waals surface area contributed by atoms with Crippen molar-refractivity contribution in [3.8, 4) is 0 Å². The quantitative estimate of drug-likeness (QED) is 0.608. The predicted molar refractivity (Wildman–Crippen MR) is 111 cm³/mol. The molecule has 5 fully saturated rings. The number of carbonyl (C=O) groups is 1. The van der Waals surface area contributed by atoms with E-state index < -0.39 is 5.97 Å². The Morgan fingerprint density at radius 3 is 2.41 bits per heavy atom. The summed E-state index contributed by atoms with van der Waals surface area (Å²) in [5.74, 6) is 2.86. The second kappa shape index (κ2) is 6.69. The molecule has 2 unspecified atom stereocenters. The molecule has 5 aliphatic carbocycles. The lowest BCUT2D eigenvalue weighted by Gasteiger charge is -2.62. The minimum absolute atomic E-state index is 0.0495. The molecule has 29 heavy (non-hydrogen) atoms. The average Bonchev–Trinajstić information content (AvgIpc) is 2.98. The second-order valence-corrected chi connectivity index (χ2v) is 12.2. The molecule has 0 bridgehead atoms. The summed E-state index contributed by atoms with van der Waals surface area (Å²) in [5.41, 5.74) is 0.208. The van der Waals surface area contributed by atoms with Crippen LogP contribution in [0.1, 0.15) is 78.6 Å². The molecule has 5 rings (SSSR count). The molecule has 12 atom stereocenters. The van der Waals surface area contributed by atoms with Crippen molar-refractivity contribution in [3.05, 3.63) is 0 Å². The summed E-state index contributed by atoms with van der Waals surface area (Å²) in [6.07, 6.45) is 8.64. The van der Waals surface area contributed by atoms with Gasteiger partial charge in [-0.1, -0.05) is 20.8 Å². The van der Waals surface area contributed by atoms with E-state index in [0.717, 1.165) is 44.9 Å². The standard InChI is InChI=1S/C25H40O4/c1-13-8-15(23(28)29)9-14-10-20-18-5-4-16-11-17(26)6-7-24(16,2)19(18)12-21(27)25(20,3)22(13)14/h13-22,26-27H,4-12H2,1-3H3,(H,28,29)/t13-,14?,15?,16-,17-,18-,19+,20+,21+,22+,24+,25-/m1/s1. The van der Waals surface area contributed by atoms with Gasteiger partial charge in [-0.15, -0.1) is 0 Å². The van der Waals surface area contributed by atoms with E-state index in [0.29, 0.717) is 41.4 Å². The number of rotatable bonds is 1. The fourth-order valence-corrected chi connectivity index (χ4v) is 10.0. The summed E-state index contributed by atoms with van der Waals surface area (Å²) in [6, 6.07) is 0. The largest absolute Gasteiger partial charge is 0.481 e. The summed E-state index contributed by atoms with van der Waals surface area (Å²) in [4.78, 5) is 11.7. The van der Waals surface area contributed by atoms with Gasteiger partial charge in [-0.25, -0.2) is 0 Å². The zero-order valence-electron chi connectivity index (χ0n) is 18.4. The van der Waals surface area contributed by atoms with Crippen LogP contribution in [0.4, 0.5) is 0 Å². The maximum atomic E-state index is 11.7. The maximum Gasteiger partial charge on any atom is 0.306 e. The summed E-state index contributed by atoms with van der Waals surface area (Å²) >= 11 is 0. The highest BCUT2D eigenvalue weighted by molar-refractivity contribution is 5.70. The van der Waals surface area contributed by atoms with Gasteiger partial charge in [-0.3, -0.25) is 4.79 Å². The van der Waals surface area contributed by atoms with Crippen molar-refractivity contribution in [2.45, 2.75) is 90.8 Å². The lowest BCUT2D eigenvalue weighted by Crippen LogP contribution is -2.59. The van der Waals surface area contributed by atoms with Crippen LogP contribution in [-0.4, -0.2) is 33.5 Å². The van der Waals surface area contributed by atoms with E-state index in [4.69, 9.17) is 0 Å². The van der Waals surface area contributed by atoms with Gasteiger partial charge in [0.1, 0.15) is 0 Å². The molecular weight excluding hydrogens is 364 g/mol. The van der Waals surface area contributed by atoms with Gasteiger partial charge in [0.15, 0.2) is 0 Å². The zero-order chi connectivity index (χ0) is 20.7. The smallest absolute Gasteiger partial charge is 0.306 e. The number of hydrogen-bond donors (Lipinski definition) is 3. The molecule has 4 nitrogen and oxygen atoms in total. The van der Waals surface area contributed by atoms with Gasteiger partial charge < -0.3 is 15.3 Å². The van der Waals surface area contributed by atoms with Crippen molar-refractivity contribution in [1.82, 2.24) is 0 Å². The Morgan fingerprint density at radius 2 is 1.69 bits per heavy atom. The Labute approximate surface area is 175 Å².